The Hall–Kier alpha value is -0.920. The van der Waals surface area contributed by atoms with Crippen molar-refractivity contribution in [2.45, 2.75) is 26.7 Å². The summed E-state index contributed by atoms with van der Waals surface area (Å²) in [6, 6.07) is 10.1. The van der Waals surface area contributed by atoms with Crippen LogP contribution in [0.15, 0.2) is 46.5 Å². The average molecular weight is 398 g/mol. The molecule has 1 aliphatic rings. The van der Waals surface area contributed by atoms with Crippen molar-refractivity contribution < 1.29 is 0 Å². The molecule has 0 unspecified atom stereocenters. The molecule has 0 N–H and O–H groups in total. The molecule has 0 nitrogen and oxygen atoms in total. The highest BCUT2D eigenvalue weighted by Crippen LogP contribution is 2.45. The van der Waals surface area contributed by atoms with Crippen LogP contribution in [-0.4, -0.2) is 0 Å². The summed E-state index contributed by atoms with van der Waals surface area (Å²) in [6.07, 6.45) is 3.59. The third-order valence-electron chi connectivity index (χ3n) is 4.27. The van der Waals surface area contributed by atoms with Crippen LogP contribution in [0.4, 0.5) is 0 Å². The number of hydrogen-bond donors (Lipinski definition) is 0. The van der Waals surface area contributed by atoms with Crippen molar-refractivity contribution in [1.82, 2.24) is 0 Å². The molecule has 0 spiro atoms. The first kappa shape index (κ1) is 17.9. The molecule has 0 saturated carbocycles. The van der Waals surface area contributed by atoms with E-state index in [1.54, 1.807) is 0 Å². The Kier molecular flexibility index (Phi) is 5.32. The van der Waals surface area contributed by atoms with Crippen LogP contribution in [0.5, 0.6) is 0 Å². The van der Waals surface area contributed by atoms with Crippen molar-refractivity contribution in [2.24, 2.45) is 0 Å². The molecule has 0 saturated heterocycles. The first-order valence-electron chi connectivity index (χ1n) is 7.71. The van der Waals surface area contributed by atoms with Crippen LogP contribution >= 0.6 is 46.4 Å². The van der Waals surface area contributed by atoms with Crippen molar-refractivity contribution in [1.29, 1.82) is 0 Å². The maximum absolute atomic E-state index is 6.78. The van der Waals surface area contributed by atoms with Gasteiger partial charge < -0.3 is 0 Å². The van der Waals surface area contributed by atoms with Crippen molar-refractivity contribution in [3.05, 3.63) is 73.2 Å². The third-order valence-corrected chi connectivity index (χ3v) is 5.85. The van der Waals surface area contributed by atoms with Crippen LogP contribution < -0.4 is 0 Å². The normalized spacial score (nSPS) is 14.8. The quantitative estimate of drug-likeness (QED) is 0.479. The molecule has 124 valence electrons. The van der Waals surface area contributed by atoms with E-state index in [2.05, 4.69) is 32.0 Å². The molecule has 3 rings (SSSR count). The lowest BCUT2D eigenvalue weighted by atomic mass is 9.92. The largest absolute Gasteiger partial charge is 0.0836 e. The van der Waals surface area contributed by atoms with Crippen molar-refractivity contribution in [3.8, 4) is 11.1 Å². The summed E-state index contributed by atoms with van der Waals surface area (Å²) in [5.74, 6) is 0. The van der Waals surface area contributed by atoms with Gasteiger partial charge in [0.15, 0.2) is 0 Å². The van der Waals surface area contributed by atoms with Gasteiger partial charge in [0.2, 0.25) is 0 Å². The number of allylic oxidation sites excluding steroid dienone is 4. The fourth-order valence-electron chi connectivity index (χ4n) is 2.98. The summed E-state index contributed by atoms with van der Waals surface area (Å²) < 4.78 is 0. The van der Waals surface area contributed by atoms with Crippen LogP contribution in [0.3, 0.4) is 0 Å². The summed E-state index contributed by atoms with van der Waals surface area (Å²) >= 11 is 25.9. The Morgan fingerprint density at radius 1 is 0.875 bits per heavy atom. The van der Waals surface area contributed by atoms with Gasteiger partial charge in [-0.2, -0.15) is 0 Å². The second-order valence-corrected chi connectivity index (χ2v) is 7.56. The predicted molar refractivity (Wildman–Crippen MR) is 107 cm³/mol. The first-order chi connectivity index (χ1) is 11.4. The number of hydrogen-bond acceptors (Lipinski definition) is 0. The van der Waals surface area contributed by atoms with Crippen molar-refractivity contribution >= 4 is 52.0 Å². The predicted octanol–water partition coefficient (Wildman–Crippen LogP) is 8.14. The molecule has 1 aliphatic carbocycles. The van der Waals surface area contributed by atoms with Crippen LogP contribution in [0.25, 0.3) is 16.7 Å². The molecule has 0 radical (unpaired) electrons. The van der Waals surface area contributed by atoms with E-state index in [0.717, 1.165) is 46.2 Å². The number of benzene rings is 2. The standard InChI is InChI=1S/C20H16Cl4/c1-11-6-7-12(2)15(10-11)18-16(21)9-8-14(20(18)24)13-4-3-5-17(22)19(13)23/h5-10H,3-4H2,1-2H3. The number of aryl methyl sites for hydroxylation is 2. The molecule has 4 heteroatoms. The summed E-state index contributed by atoms with van der Waals surface area (Å²) in [4.78, 5) is 0. The van der Waals surface area contributed by atoms with Gasteiger partial charge in [-0.15, -0.1) is 0 Å². The minimum atomic E-state index is 0.569. The molecule has 0 amide bonds. The van der Waals surface area contributed by atoms with Gasteiger partial charge in [0.1, 0.15) is 0 Å². The van der Waals surface area contributed by atoms with E-state index < -0.39 is 0 Å². The van der Waals surface area contributed by atoms with E-state index in [-0.39, 0.29) is 0 Å². The van der Waals surface area contributed by atoms with Gasteiger partial charge in [-0.3, -0.25) is 0 Å². The third kappa shape index (κ3) is 3.26. The van der Waals surface area contributed by atoms with Gasteiger partial charge in [-0.1, -0.05) is 82.3 Å². The Morgan fingerprint density at radius 2 is 1.62 bits per heavy atom. The number of halogens is 4. The van der Waals surface area contributed by atoms with Gasteiger partial charge >= 0.3 is 0 Å². The molecular formula is C20H16Cl4. The maximum Gasteiger partial charge on any atom is 0.0627 e. The number of rotatable bonds is 2. The summed E-state index contributed by atoms with van der Waals surface area (Å²) in [5.41, 5.74) is 6.04. The molecular weight excluding hydrogens is 382 g/mol. The van der Waals surface area contributed by atoms with E-state index in [4.69, 9.17) is 46.4 Å². The zero-order valence-corrected chi connectivity index (χ0v) is 16.4. The highest BCUT2D eigenvalue weighted by molar-refractivity contribution is 6.47. The minimum absolute atomic E-state index is 0.569. The van der Waals surface area contributed by atoms with Gasteiger partial charge in [-0.25, -0.2) is 0 Å². The first-order valence-corrected chi connectivity index (χ1v) is 9.22. The Morgan fingerprint density at radius 3 is 2.38 bits per heavy atom. The van der Waals surface area contributed by atoms with E-state index >= 15 is 0 Å². The van der Waals surface area contributed by atoms with Crippen LogP contribution in [-0.2, 0) is 0 Å². The highest BCUT2D eigenvalue weighted by atomic mass is 35.5. The lowest BCUT2D eigenvalue weighted by Gasteiger charge is -2.19. The van der Waals surface area contributed by atoms with Crippen LogP contribution in [0.1, 0.15) is 29.5 Å². The monoisotopic (exact) mass is 396 g/mol. The van der Waals surface area contributed by atoms with Crippen LogP contribution in [0.2, 0.25) is 10.0 Å². The SMILES string of the molecule is Cc1ccc(C)c(-c2c(Cl)ccc(C3=C(Cl)C(Cl)=CCC3)c2Cl)c1. The van der Waals surface area contributed by atoms with Gasteiger partial charge in [0.05, 0.1) is 15.1 Å². The molecule has 2 aromatic rings. The molecule has 0 heterocycles. The molecule has 0 aromatic heterocycles. The summed E-state index contributed by atoms with van der Waals surface area (Å²) in [5, 5.41) is 2.40. The Balaban J connectivity index is 2.25. The zero-order valence-electron chi connectivity index (χ0n) is 13.4. The molecule has 2 aromatic carbocycles. The zero-order chi connectivity index (χ0) is 17.4. The van der Waals surface area contributed by atoms with E-state index in [9.17, 15) is 0 Å². The second kappa shape index (κ2) is 7.14. The molecule has 0 bridgehead atoms. The smallest absolute Gasteiger partial charge is 0.0627 e. The molecule has 24 heavy (non-hydrogen) atoms. The lowest BCUT2D eigenvalue weighted by Crippen LogP contribution is -1.97. The van der Waals surface area contributed by atoms with Crippen molar-refractivity contribution in [3.63, 3.8) is 0 Å². The molecule has 0 aliphatic heterocycles. The van der Waals surface area contributed by atoms with Gasteiger partial charge in [-0.05, 0) is 55.0 Å². The van der Waals surface area contributed by atoms with Gasteiger partial charge in [0.25, 0.3) is 0 Å². The van der Waals surface area contributed by atoms with Crippen molar-refractivity contribution in [2.75, 3.05) is 0 Å². The van der Waals surface area contributed by atoms with E-state index in [1.165, 1.54) is 0 Å². The van der Waals surface area contributed by atoms with Gasteiger partial charge in [0, 0.05) is 10.6 Å². The maximum atomic E-state index is 6.78. The summed E-state index contributed by atoms with van der Waals surface area (Å²) in [7, 11) is 0. The fourth-order valence-corrected chi connectivity index (χ4v) is 4.16. The topological polar surface area (TPSA) is 0 Å². The second-order valence-electron chi connectivity index (χ2n) is 5.99. The van der Waals surface area contributed by atoms with Crippen LogP contribution in [0, 0.1) is 13.8 Å². The average Bonchev–Trinajstić information content (AvgIpc) is 2.54. The van der Waals surface area contributed by atoms with E-state index in [0.29, 0.717) is 20.1 Å². The lowest BCUT2D eigenvalue weighted by molar-refractivity contribution is 1.05. The van der Waals surface area contributed by atoms with E-state index in [1.807, 2.05) is 18.2 Å². The molecule has 0 fully saturated rings. The minimum Gasteiger partial charge on any atom is -0.0836 e. The highest BCUT2D eigenvalue weighted by Gasteiger charge is 2.21. The fraction of sp³-hybridized carbons (Fsp3) is 0.200. The Labute approximate surface area is 162 Å². The molecule has 0 atom stereocenters. The Bertz CT molecular complexity index is 875. The summed E-state index contributed by atoms with van der Waals surface area (Å²) in [6.45, 7) is 4.11.